The van der Waals surface area contributed by atoms with Crippen molar-refractivity contribution in [3.05, 3.63) is 65.9 Å². The molecular formula is C24H19FN6O. The van der Waals surface area contributed by atoms with E-state index in [4.69, 9.17) is 10.2 Å². The zero-order chi connectivity index (χ0) is 21.8. The number of hydrogen-bond acceptors (Lipinski definition) is 5. The number of rotatable bonds is 3. The van der Waals surface area contributed by atoms with Gasteiger partial charge >= 0.3 is 0 Å². The Hall–Kier alpha value is -3.96. The van der Waals surface area contributed by atoms with Crippen LogP contribution in [0, 0.1) is 23.1 Å². The number of anilines is 1. The topological polar surface area (TPSA) is 86.0 Å². The highest BCUT2D eigenvalue weighted by molar-refractivity contribution is 6.00. The van der Waals surface area contributed by atoms with Crippen LogP contribution >= 0.6 is 0 Å². The smallest absolute Gasteiger partial charge is 0.228 e. The Kier molecular flexibility index (Phi) is 4.13. The first-order valence-electron chi connectivity index (χ1n) is 10.5. The van der Waals surface area contributed by atoms with E-state index in [1.54, 1.807) is 12.1 Å². The number of amides is 1. The predicted octanol–water partition coefficient (Wildman–Crippen LogP) is 3.34. The molecule has 1 unspecified atom stereocenters. The number of nitrogens with one attached hydrogen (secondary N) is 2. The van der Waals surface area contributed by atoms with E-state index in [1.165, 1.54) is 12.1 Å². The van der Waals surface area contributed by atoms with E-state index in [-0.39, 0.29) is 23.8 Å². The van der Waals surface area contributed by atoms with Crippen LogP contribution in [-0.2, 0) is 11.2 Å². The molecule has 158 valence electrons. The van der Waals surface area contributed by atoms with Crippen molar-refractivity contribution in [1.29, 1.82) is 5.26 Å². The second-order valence-electron chi connectivity index (χ2n) is 8.31. The van der Waals surface area contributed by atoms with E-state index >= 15 is 0 Å². The van der Waals surface area contributed by atoms with Gasteiger partial charge in [-0.2, -0.15) is 5.26 Å². The molecule has 4 heterocycles. The van der Waals surface area contributed by atoms with Gasteiger partial charge in [-0.25, -0.2) is 9.37 Å². The van der Waals surface area contributed by atoms with E-state index in [9.17, 15) is 9.18 Å². The van der Waals surface area contributed by atoms with Gasteiger partial charge in [0.2, 0.25) is 5.91 Å². The van der Waals surface area contributed by atoms with Crippen LogP contribution in [0.4, 0.5) is 10.1 Å². The first-order valence-corrected chi connectivity index (χ1v) is 10.5. The van der Waals surface area contributed by atoms with Gasteiger partial charge < -0.3 is 10.6 Å². The van der Waals surface area contributed by atoms with Gasteiger partial charge in [0, 0.05) is 42.3 Å². The fourth-order valence-corrected chi connectivity index (χ4v) is 4.61. The molecule has 2 N–H and O–H groups in total. The Morgan fingerprint density at radius 2 is 1.91 bits per heavy atom. The normalized spacial score (nSPS) is 19.5. The average molecular weight is 426 g/mol. The first kappa shape index (κ1) is 18.8. The molecule has 3 aliphatic heterocycles. The van der Waals surface area contributed by atoms with Crippen molar-refractivity contribution in [3.8, 4) is 28.6 Å². The largest absolute Gasteiger partial charge is 0.368 e. The van der Waals surface area contributed by atoms with E-state index in [2.05, 4.69) is 21.6 Å². The highest BCUT2D eigenvalue weighted by Crippen LogP contribution is 2.39. The lowest BCUT2D eigenvalue weighted by atomic mass is 10.0. The van der Waals surface area contributed by atoms with Gasteiger partial charge in [0.15, 0.2) is 5.82 Å². The zero-order valence-corrected chi connectivity index (χ0v) is 17.0. The minimum Gasteiger partial charge on any atom is -0.368 e. The molecule has 0 aliphatic carbocycles. The molecule has 1 aromatic heterocycles. The molecule has 1 amide bonds. The second-order valence-corrected chi connectivity index (χ2v) is 8.31. The average Bonchev–Trinajstić information content (AvgIpc) is 3.33. The van der Waals surface area contributed by atoms with E-state index in [0.29, 0.717) is 19.5 Å². The molecule has 7 nitrogen and oxygen atoms in total. The molecule has 0 bridgehead atoms. The molecule has 1 fully saturated rings. The monoisotopic (exact) mass is 426 g/mol. The lowest BCUT2D eigenvalue weighted by Crippen LogP contribution is -2.52. The minimum atomic E-state index is -0.302. The minimum absolute atomic E-state index is 0.0137. The maximum Gasteiger partial charge on any atom is 0.228 e. The van der Waals surface area contributed by atoms with E-state index < -0.39 is 0 Å². The Morgan fingerprint density at radius 3 is 2.69 bits per heavy atom. The fourth-order valence-electron chi connectivity index (χ4n) is 4.61. The molecule has 1 saturated heterocycles. The number of halogens is 1. The van der Waals surface area contributed by atoms with Crippen LogP contribution in [0.2, 0.25) is 0 Å². The molecule has 8 heteroatoms. The van der Waals surface area contributed by atoms with E-state index in [0.717, 1.165) is 39.6 Å². The SMILES string of the molecule is N#CC1CN(C2NC=Cn3c2nc(-c2ccc(F)cc2)c3-c2ccc3c(c2)CC(=O)N3)C1. The summed E-state index contributed by atoms with van der Waals surface area (Å²) < 4.78 is 15.7. The van der Waals surface area contributed by atoms with Crippen molar-refractivity contribution >= 4 is 17.8 Å². The van der Waals surface area contributed by atoms with Crippen molar-refractivity contribution in [2.75, 3.05) is 18.4 Å². The van der Waals surface area contributed by atoms with Crippen molar-refractivity contribution in [2.24, 2.45) is 5.92 Å². The molecule has 0 spiro atoms. The Bertz CT molecular complexity index is 1310. The summed E-state index contributed by atoms with van der Waals surface area (Å²) >= 11 is 0. The van der Waals surface area contributed by atoms with Crippen molar-refractivity contribution in [1.82, 2.24) is 19.8 Å². The molecule has 2 aromatic carbocycles. The maximum atomic E-state index is 13.6. The summed E-state index contributed by atoms with van der Waals surface area (Å²) in [6, 6.07) is 14.5. The summed E-state index contributed by atoms with van der Waals surface area (Å²) in [5, 5.41) is 15.4. The highest BCUT2D eigenvalue weighted by atomic mass is 19.1. The number of aromatic nitrogens is 2. The molecular weight excluding hydrogens is 407 g/mol. The molecule has 6 rings (SSSR count). The van der Waals surface area contributed by atoms with Crippen LogP contribution in [0.15, 0.2) is 48.7 Å². The first-order chi connectivity index (χ1) is 15.6. The number of imidazole rings is 1. The van der Waals surface area contributed by atoms with Gasteiger partial charge in [-0.15, -0.1) is 0 Å². The molecule has 3 aliphatic rings. The molecule has 0 saturated carbocycles. The lowest BCUT2D eigenvalue weighted by molar-refractivity contribution is -0.115. The quantitative estimate of drug-likeness (QED) is 0.671. The fraction of sp³-hybridized carbons (Fsp3) is 0.208. The van der Waals surface area contributed by atoms with Gasteiger partial charge in [0.25, 0.3) is 0 Å². The van der Waals surface area contributed by atoms with Crippen molar-refractivity contribution < 1.29 is 9.18 Å². The Balaban J connectivity index is 1.50. The lowest BCUT2D eigenvalue weighted by Gasteiger charge is -2.41. The Morgan fingerprint density at radius 1 is 1.12 bits per heavy atom. The molecule has 32 heavy (non-hydrogen) atoms. The number of likely N-dealkylation sites (tertiary alicyclic amines) is 1. The summed E-state index contributed by atoms with van der Waals surface area (Å²) in [6.07, 6.45) is 4.00. The number of nitrogens with zero attached hydrogens (tertiary/aromatic N) is 4. The Labute approximate surface area is 183 Å². The zero-order valence-electron chi connectivity index (χ0n) is 17.0. The molecule has 3 aromatic rings. The number of carbonyl (C=O) groups is 1. The van der Waals surface area contributed by atoms with Crippen LogP contribution in [0.25, 0.3) is 28.7 Å². The standard InChI is InChI=1S/C24H19FN6O/c25-18-4-1-15(2-5-18)21-22(16-3-6-19-17(9-16)10-20(32)28-19)31-8-7-27-23(24(31)29-21)30-12-14(11-26)13-30/h1-9,14,23,27H,10,12-13H2,(H,28,32). The van der Waals surface area contributed by atoms with Gasteiger partial charge in [-0.1, -0.05) is 6.07 Å². The highest BCUT2D eigenvalue weighted by Gasteiger charge is 2.37. The summed E-state index contributed by atoms with van der Waals surface area (Å²) in [5.41, 5.74) is 5.15. The summed E-state index contributed by atoms with van der Waals surface area (Å²) in [7, 11) is 0. The van der Waals surface area contributed by atoms with Gasteiger partial charge in [-0.05, 0) is 42.0 Å². The number of benzene rings is 2. The van der Waals surface area contributed by atoms with Crippen LogP contribution < -0.4 is 10.6 Å². The van der Waals surface area contributed by atoms with Crippen LogP contribution in [0.1, 0.15) is 17.6 Å². The van der Waals surface area contributed by atoms with Crippen molar-refractivity contribution in [3.63, 3.8) is 0 Å². The van der Waals surface area contributed by atoms with E-state index in [1.807, 2.05) is 35.2 Å². The van der Waals surface area contributed by atoms with Crippen molar-refractivity contribution in [2.45, 2.75) is 12.6 Å². The number of fused-ring (bicyclic) bond motifs is 2. The summed E-state index contributed by atoms with van der Waals surface area (Å²) in [6.45, 7) is 1.37. The molecule has 0 radical (unpaired) electrons. The number of nitriles is 1. The summed E-state index contributed by atoms with van der Waals surface area (Å²) in [5.74, 6) is 0.529. The van der Waals surface area contributed by atoms with Gasteiger partial charge in [0.1, 0.15) is 12.0 Å². The van der Waals surface area contributed by atoms with Crippen LogP contribution in [0.3, 0.4) is 0 Å². The maximum absolute atomic E-state index is 13.6. The van der Waals surface area contributed by atoms with Gasteiger partial charge in [0.05, 0.1) is 29.8 Å². The predicted molar refractivity (Wildman–Crippen MR) is 117 cm³/mol. The number of hydrogen-bond donors (Lipinski definition) is 2. The third-order valence-electron chi connectivity index (χ3n) is 6.24. The third kappa shape index (κ3) is 2.90. The van der Waals surface area contributed by atoms with Crippen LogP contribution in [-0.4, -0.2) is 33.4 Å². The molecule has 1 atom stereocenters. The number of carbonyl (C=O) groups excluding carboxylic acids is 1. The third-order valence-corrected chi connectivity index (χ3v) is 6.24. The van der Waals surface area contributed by atoms with Crippen LogP contribution in [0.5, 0.6) is 0 Å². The van der Waals surface area contributed by atoms with Gasteiger partial charge in [-0.3, -0.25) is 14.3 Å². The second kappa shape index (κ2) is 7.04. The summed E-state index contributed by atoms with van der Waals surface area (Å²) in [4.78, 5) is 19.0.